The van der Waals surface area contributed by atoms with Crippen molar-refractivity contribution < 1.29 is 9.53 Å². The van der Waals surface area contributed by atoms with Gasteiger partial charge in [0.05, 0.1) is 18.6 Å². The Kier molecular flexibility index (Phi) is 7.91. The van der Waals surface area contributed by atoms with Crippen LogP contribution in [-0.2, 0) is 6.42 Å². The number of carbonyl (C=O) groups is 1. The number of rotatable bonds is 9. The highest BCUT2D eigenvalue weighted by atomic mass is 32.2. The van der Waals surface area contributed by atoms with Crippen molar-refractivity contribution in [1.29, 1.82) is 0 Å². The van der Waals surface area contributed by atoms with Crippen LogP contribution in [0.3, 0.4) is 0 Å². The summed E-state index contributed by atoms with van der Waals surface area (Å²) in [6.45, 7) is 8.22. The first kappa shape index (κ1) is 28.5. The second-order valence-corrected chi connectivity index (χ2v) is 11.8. The quantitative estimate of drug-likeness (QED) is 0.127. The number of aromatic nitrogens is 4. The van der Waals surface area contributed by atoms with Crippen LogP contribution in [0.4, 0.5) is 0 Å². The van der Waals surface area contributed by atoms with E-state index in [1.54, 1.807) is 7.11 Å². The molecule has 43 heavy (non-hydrogen) atoms. The van der Waals surface area contributed by atoms with E-state index in [9.17, 15) is 4.79 Å². The third-order valence-electron chi connectivity index (χ3n) is 7.92. The van der Waals surface area contributed by atoms with E-state index < -0.39 is 0 Å². The van der Waals surface area contributed by atoms with Gasteiger partial charge in [0.25, 0.3) is 0 Å². The molecule has 0 fully saturated rings. The van der Waals surface area contributed by atoms with E-state index in [0.717, 1.165) is 45.5 Å². The van der Waals surface area contributed by atoms with Gasteiger partial charge in [-0.2, -0.15) is 0 Å². The lowest BCUT2D eigenvalue weighted by Gasteiger charge is -2.14. The number of ketones is 1. The van der Waals surface area contributed by atoms with Crippen molar-refractivity contribution in [3.05, 3.63) is 130 Å². The zero-order chi connectivity index (χ0) is 30.1. The van der Waals surface area contributed by atoms with Crippen molar-refractivity contribution >= 4 is 28.3 Å². The Morgan fingerprint density at radius 1 is 0.837 bits per heavy atom. The number of nitrogens with zero attached hydrogens (tertiary/aromatic N) is 4. The third-order valence-corrected chi connectivity index (χ3v) is 8.85. The fraction of sp³-hybridized carbons (Fsp3) is 0.194. The molecule has 2 aromatic heterocycles. The molecule has 0 bridgehead atoms. The normalized spacial score (nSPS) is 11.3. The van der Waals surface area contributed by atoms with Gasteiger partial charge in [-0.3, -0.25) is 9.36 Å². The Morgan fingerprint density at radius 2 is 1.60 bits per heavy atom. The molecule has 0 spiro atoms. The first-order valence-corrected chi connectivity index (χ1v) is 15.3. The van der Waals surface area contributed by atoms with Crippen molar-refractivity contribution in [1.82, 2.24) is 19.3 Å². The summed E-state index contributed by atoms with van der Waals surface area (Å²) in [5, 5.41) is 12.4. The van der Waals surface area contributed by atoms with Crippen LogP contribution in [0.25, 0.3) is 22.1 Å². The predicted octanol–water partition coefficient (Wildman–Crippen LogP) is 8.02. The fourth-order valence-electron chi connectivity index (χ4n) is 5.81. The van der Waals surface area contributed by atoms with Gasteiger partial charge in [0, 0.05) is 29.1 Å². The molecular weight excluding hydrogens is 552 g/mol. The van der Waals surface area contributed by atoms with Crippen molar-refractivity contribution in [2.24, 2.45) is 0 Å². The summed E-state index contributed by atoms with van der Waals surface area (Å²) in [5.41, 5.74) is 8.18. The number of thioether (sulfide) groups is 1. The molecule has 0 aliphatic carbocycles. The molecule has 0 aliphatic heterocycles. The van der Waals surface area contributed by atoms with Gasteiger partial charge in [-0.1, -0.05) is 71.9 Å². The fourth-order valence-corrected chi connectivity index (χ4v) is 6.65. The van der Waals surface area contributed by atoms with E-state index in [1.807, 2.05) is 44.2 Å². The maximum Gasteiger partial charge on any atom is 0.196 e. The minimum absolute atomic E-state index is 0.0589. The van der Waals surface area contributed by atoms with Crippen molar-refractivity contribution in [2.45, 2.75) is 39.3 Å². The highest BCUT2D eigenvalue weighted by molar-refractivity contribution is 7.99. The standard InChI is InChI=1S/C36H34N4O2S/c1-23-13-18-33(24(2)19-23)40-35(21-28-11-8-10-27-9-6-7-12-31(27)28)37-38-36(40)43-22-34(41)32-20-25(3)39(26(32)4)29-14-16-30(42-5)17-15-29/h6-20H,21-22H2,1-5H3. The van der Waals surface area contributed by atoms with Crippen LogP contribution >= 0.6 is 11.8 Å². The lowest BCUT2D eigenvalue weighted by atomic mass is 10.0. The SMILES string of the molecule is COc1ccc(-n2c(C)cc(C(=O)CSc3nnc(Cc4cccc5ccccc45)n3-c3ccc(C)cc3C)c2C)cc1. The molecule has 0 unspecified atom stereocenters. The summed E-state index contributed by atoms with van der Waals surface area (Å²) in [7, 11) is 1.66. The van der Waals surface area contributed by atoms with Crippen LogP contribution in [0.5, 0.6) is 5.75 Å². The molecule has 6 rings (SSSR count). The largest absolute Gasteiger partial charge is 0.497 e. The summed E-state index contributed by atoms with van der Waals surface area (Å²) in [6, 6.07) is 31.0. The number of hydrogen-bond donors (Lipinski definition) is 0. The molecule has 0 saturated heterocycles. The number of hydrogen-bond acceptors (Lipinski definition) is 5. The monoisotopic (exact) mass is 586 g/mol. The van der Waals surface area contributed by atoms with Gasteiger partial charge in [0.2, 0.25) is 0 Å². The Bertz CT molecular complexity index is 1950. The van der Waals surface area contributed by atoms with Crippen molar-refractivity contribution in [2.75, 3.05) is 12.9 Å². The van der Waals surface area contributed by atoms with E-state index in [0.29, 0.717) is 11.6 Å². The molecule has 0 saturated carbocycles. The highest BCUT2D eigenvalue weighted by Crippen LogP contribution is 2.30. The molecule has 0 amide bonds. The van der Waals surface area contributed by atoms with Gasteiger partial charge in [-0.25, -0.2) is 0 Å². The number of methoxy groups -OCH3 is 1. The summed E-state index contributed by atoms with van der Waals surface area (Å²) >= 11 is 1.43. The zero-order valence-electron chi connectivity index (χ0n) is 25.1. The number of ether oxygens (including phenoxy) is 1. The van der Waals surface area contributed by atoms with Crippen LogP contribution in [0.2, 0.25) is 0 Å². The van der Waals surface area contributed by atoms with E-state index in [2.05, 4.69) is 93.8 Å². The molecule has 0 atom stereocenters. The lowest BCUT2D eigenvalue weighted by molar-refractivity contribution is 0.102. The molecule has 216 valence electrons. The van der Waals surface area contributed by atoms with Crippen LogP contribution < -0.4 is 4.74 Å². The van der Waals surface area contributed by atoms with E-state index in [-0.39, 0.29) is 11.5 Å². The summed E-state index contributed by atoms with van der Waals surface area (Å²) < 4.78 is 9.54. The summed E-state index contributed by atoms with van der Waals surface area (Å²) in [5.74, 6) is 1.95. The molecule has 0 radical (unpaired) electrons. The maximum absolute atomic E-state index is 13.6. The van der Waals surface area contributed by atoms with Gasteiger partial charge in [0.15, 0.2) is 10.9 Å². The van der Waals surface area contributed by atoms with E-state index in [4.69, 9.17) is 4.74 Å². The Morgan fingerprint density at radius 3 is 2.37 bits per heavy atom. The van der Waals surface area contributed by atoms with Gasteiger partial charge in [0.1, 0.15) is 11.6 Å². The molecule has 6 aromatic rings. The molecule has 0 N–H and O–H groups in total. The van der Waals surface area contributed by atoms with Gasteiger partial charge >= 0.3 is 0 Å². The lowest BCUT2D eigenvalue weighted by Crippen LogP contribution is -2.09. The number of Topliss-reactive ketones (excluding diaryl/α,β-unsaturated/α-hetero) is 1. The van der Waals surface area contributed by atoms with Gasteiger partial charge in [-0.05, 0) is 86.0 Å². The summed E-state index contributed by atoms with van der Waals surface area (Å²) in [6.07, 6.45) is 0.624. The Labute approximate surface area is 256 Å². The van der Waals surface area contributed by atoms with Crippen LogP contribution in [0.1, 0.15) is 44.3 Å². The van der Waals surface area contributed by atoms with E-state index >= 15 is 0 Å². The molecule has 2 heterocycles. The Balaban J connectivity index is 1.31. The number of benzene rings is 4. The minimum Gasteiger partial charge on any atom is -0.497 e. The molecule has 7 heteroatoms. The second-order valence-electron chi connectivity index (χ2n) is 10.9. The number of fused-ring (bicyclic) bond motifs is 1. The molecule has 6 nitrogen and oxygen atoms in total. The smallest absolute Gasteiger partial charge is 0.196 e. The summed E-state index contributed by atoms with van der Waals surface area (Å²) in [4.78, 5) is 13.6. The molecule has 4 aromatic carbocycles. The Hall–Kier alpha value is -4.62. The van der Waals surface area contributed by atoms with E-state index in [1.165, 1.54) is 33.7 Å². The second kappa shape index (κ2) is 11.9. The van der Waals surface area contributed by atoms with Crippen LogP contribution in [-0.4, -0.2) is 38.0 Å². The average Bonchev–Trinajstić information content (AvgIpc) is 3.55. The zero-order valence-corrected chi connectivity index (χ0v) is 25.9. The first-order chi connectivity index (χ1) is 20.8. The van der Waals surface area contributed by atoms with Gasteiger partial charge in [-0.15, -0.1) is 10.2 Å². The highest BCUT2D eigenvalue weighted by Gasteiger charge is 2.21. The average molecular weight is 587 g/mol. The van der Waals surface area contributed by atoms with Crippen molar-refractivity contribution in [3.8, 4) is 17.1 Å². The first-order valence-electron chi connectivity index (χ1n) is 14.3. The maximum atomic E-state index is 13.6. The molecule has 0 aliphatic rings. The van der Waals surface area contributed by atoms with Crippen molar-refractivity contribution in [3.63, 3.8) is 0 Å². The predicted molar refractivity (Wildman–Crippen MR) is 174 cm³/mol. The van der Waals surface area contributed by atoms with Crippen LogP contribution in [0.15, 0.2) is 96.2 Å². The third kappa shape index (κ3) is 5.60. The number of carbonyl (C=O) groups excluding carboxylic acids is 1. The van der Waals surface area contributed by atoms with Crippen LogP contribution in [0, 0.1) is 27.7 Å². The molecular formula is C36H34N4O2S. The minimum atomic E-state index is 0.0589. The number of aryl methyl sites for hydroxylation is 3. The topological polar surface area (TPSA) is 61.9 Å². The van der Waals surface area contributed by atoms with Gasteiger partial charge < -0.3 is 9.30 Å².